The van der Waals surface area contributed by atoms with Gasteiger partial charge in [-0.3, -0.25) is 9.00 Å². The van der Waals surface area contributed by atoms with Crippen LogP contribution >= 0.6 is 0 Å². The zero-order chi connectivity index (χ0) is 12.8. The fraction of sp³-hybridized carbons (Fsp3) is 0.417. The Balaban J connectivity index is 2.63. The predicted octanol–water partition coefficient (Wildman–Crippen LogP) is 0.642. The largest absolute Gasteiger partial charge is 0.366 e. The topological polar surface area (TPSA) is 72.2 Å². The zero-order valence-corrected chi connectivity index (χ0v) is 10.9. The third kappa shape index (κ3) is 4.66. The lowest BCUT2D eigenvalue weighted by Crippen LogP contribution is -2.31. The molecule has 1 amide bonds. The second-order valence-corrected chi connectivity index (χ2v) is 5.52. The van der Waals surface area contributed by atoms with E-state index in [2.05, 4.69) is 5.32 Å². The van der Waals surface area contributed by atoms with Crippen LogP contribution in [0.5, 0.6) is 0 Å². The fourth-order valence-corrected chi connectivity index (χ4v) is 2.43. The number of carbonyl (C=O) groups is 1. The van der Waals surface area contributed by atoms with Crippen LogP contribution < -0.4 is 11.1 Å². The molecule has 0 saturated heterocycles. The van der Waals surface area contributed by atoms with Crippen molar-refractivity contribution in [2.24, 2.45) is 5.73 Å². The molecule has 0 bridgehead atoms. The number of nitrogens with one attached hydrogen (secondary N) is 1. The summed E-state index contributed by atoms with van der Waals surface area (Å²) in [6, 6.07) is 7.37. The molecule has 2 atom stereocenters. The maximum Gasteiger partial charge on any atom is 0.249 e. The molecule has 0 heterocycles. The van der Waals surface area contributed by atoms with Crippen LogP contribution in [0.2, 0.25) is 0 Å². The predicted molar refractivity (Wildman–Crippen MR) is 70.2 cm³/mol. The summed E-state index contributed by atoms with van der Waals surface area (Å²) in [6.45, 7) is 2.52. The molecule has 0 spiro atoms. The van der Waals surface area contributed by atoms with Gasteiger partial charge >= 0.3 is 0 Å². The molecule has 1 rings (SSSR count). The number of carbonyl (C=O) groups excluding carboxylic acids is 1. The standard InChI is InChI=1S/C12H18N2O2S/c1-9(8-17(2)16)14-7-10-5-3-4-6-11(10)12(13)15/h3-6,9,14H,7-8H2,1-2H3,(H2,13,15). The van der Waals surface area contributed by atoms with Gasteiger partial charge in [0, 0.05) is 41.0 Å². The molecule has 5 heteroatoms. The molecule has 17 heavy (non-hydrogen) atoms. The van der Waals surface area contributed by atoms with E-state index in [1.807, 2.05) is 19.1 Å². The minimum atomic E-state index is -0.822. The van der Waals surface area contributed by atoms with Gasteiger partial charge in [-0.25, -0.2) is 0 Å². The minimum absolute atomic E-state index is 0.141. The molecule has 2 unspecified atom stereocenters. The van der Waals surface area contributed by atoms with Crippen molar-refractivity contribution in [1.82, 2.24) is 5.32 Å². The van der Waals surface area contributed by atoms with Crippen molar-refractivity contribution in [2.45, 2.75) is 19.5 Å². The molecule has 1 aromatic carbocycles. The van der Waals surface area contributed by atoms with Gasteiger partial charge in [0.15, 0.2) is 0 Å². The monoisotopic (exact) mass is 254 g/mol. The Morgan fingerprint density at radius 2 is 2.12 bits per heavy atom. The zero-order valence-electron chi connectivity index (χ0n) is 10.1. The van der Waals surface area contributed by atoms with Gasteiger partial charge in [0.2, 0.25) is 5.91 Å². The maximum atomic E-state index is 11.2. The van der Waals surface area contributed by atoms with Crippen LogP contribution in [0.4, 0.5) is 0 Å². The van der Waals surface area contributed by atoms with Gasteiger partial charge in [0.1, 0.15) is 0 Å². The fourth-order valence-electron chi connectivity index (χ4n) is 1.61. The highest BCUT2D eigenvalue weighted by atomic mass is 32.2. The van der Waals surface area contributed by atoms with Crippen molar-refractivity contribution < 1.29 is 9.00 Å². The van der Waals surface area contributed by atoms with Crippen LogP contribution in [-0.4, -0.2) is 28.2 Å². The Labute approximate surface area is 104 Å². The SMILES string of the molecule is CC(CS(C)=O)NCc1ccccc1C(N)=O. The smallest absolute Gasteiger partial charge is 0.249 e. The quantitative estimate of drug-likeness (QED) is 0.782. The van der Waals surface area contributed by atoms with Crippen LogP contribution in [0.15, 0.2) is 24.3 Å². The molecule has 0 aliphatic rings. The van der Waals surface area contributed by atoms with Crippen LogP contribution in [0.25, 0.3) is 0 Å². The number of benzene rings is 1. The molecule has 0 radical (unpaired) electrons. The number of nitrogens with two attached hydrogens (primary N) is 1. The lowest BCUT2D eigenvalue weighted by Gasteiger charge is -2.13. The van der Waals surface area contributed by atoms with Crippen LogP contribution in [0, 0.1) is 0 Å². The Bertz CT molecular complexity index is 421. The van der Waals surface area contributed by atoms with E-state index < -0.39 is 16.7 Å². The number of rotatable bonds is 6. The van der Waals surface area contributed by atoms with Gasteiger partial charge in [-0.1, -0.05) is 18.2 Å². The highest BCUT2D eigenvalue weighted by Gasteiger charge is 2.08. The van der Waals surface area contributed by atoms with E-state index in [1.165, 1.54) is 0 Å². The summed E-state index contributed by atoms with van der Waals surface area (Å²) in [7, 11) is -0.822. The molecule has 0 aromatic heterocycles. The van der Waals surface area contributed by atoms with Gasteiger partial charge in [-0.15, -0.1) is 0 Å². The molecular formula is C12H18N2O2S. The van der Waals surface area contributed by atoms with E-state index >= 15 is 0 Å². The van der Waals surface area contributed by atoms with Crippen LogP contribution in [0.1, 0.15) is 22.8 Å². The summed E-state index contributed by atoms with van der Waals surface area (Å²) in [5.41, 5.74) is 6.69. The van der Waals surface area contributed by atoms with Crippen molar-refractivity contribution in [3.63, 3.8) is 0 Å². The molecule has 0 aliphatic carbocycles. The Morgan fingerprint density at radius 1 is 1.47 bits per heavy atom. The van der Waals surface area contributed by atoms with Crippen LogP contribution in [-0.2, 0) is 17.3 Å². The minimum Gasteiger partial charge on any atom is -0.366 e. The van der Waals surface area contributed by atoms with Crippen molar-refractivity contribution in [2.75, 3.05) is 12.0 Å². The Kier molecular flexibility index (Phi) is 5.31. The van der Waals surface area contributed by atoms with E-state index in [4.69, 9.17) is 5.73 Å². The third-order valence-electron chi connectivity index (χ3n) is 2.41. The molecule has 0 saturated carbocycles. The van der Waals surface area contributed by atoms with Crippen LogP contribution in [0.3, 0.4) is 0 Å². The van der Waals surface area contributed by atoms with Gasteiger partial charge in [0.05, 0.1) is 0 Å². The first-order chi connectivity index (χ1) is 8.00. The number of hydrogen-bond donors (Lipinski definition) is 2. The van der Waals surface area contributed by atoms with E-state index in [0.29, 0.717) is 17.9 Å². The normalized spacial score (nSPS) is 14.2. The molecular weight excluding hydrogens is 236 g/mol. The number of amides is 1. The summed E-state index contributed by atoms with van der Waals surface area (Å²) in [5, 5.41) is 3.22. The van der Waals surface area contributed by atoms with Crippen molar-refractivity contribution in [3.8, 4) is 0 Å². The Morgan fingerprint density at radius 3 is 2.71 bits per heavy atom. The van der Waals surface area contributed by atoms with Crippen molar-refractivity contribution in [3.05, 3.63) is 35.4 Å². The lowest BCUT2D eigenvalue weighted by molar-refractivity contribution is 0.0999. The summed E-state index contributed by atoms with van der Waals surface area (Å²) >= 11 is 0. The summed E-state index contributed by atoms with van der Waals surface area (Å²) in [4.78, 5) is 11.2. The molecule has 94 valence electrons. The second kappa shape index (κ2) is 6.51. The van der Waals surface area contributed by atoms with Gasteiger partial charge in [-0.2, -0.15) is 0 Å². The van der Waals surface area contributed by atoms with E-state index in [-0.39, 0.29) is 6.04 Å². The first kappa shape index (κ1) is 13.9. The second-order valence-electron chi connectivity index (χ2n) is 4.04. The Hall–Kier alpha value is -1.20. The van der Waals surface area contributed by atoms with E-state index in [9.17, 15) is 9.00 Å². The molecule has 0 fully saturated rings. The highest BCUT2D eigenvalue weighted by molar-refractivity contribution is 7.84. The molecule has 3 N–H and O–H groups in total. The number of primary amides is 1. The van der Waals surface area contributed by atoms with Gasteiger partial charge in [-0.05, 0) is 18.6 Å². The highest BCUT2D eigenvalue weighted by Crippen LogP contribution is 2.07. The van der Waals surface area contributed by atoms with Gasteiger partial charge < -0.3 is 11.1 Å². The molecule has 4 nitrogen and oxygen atoms in total. The van der Waals surface area contributed by atoms with Crippen molar-refractivity contribution in [1.29, 1.82) is 0 Å². The molecule has 0 aliphatic heterocycles. The summed E-state index contributed by atoms with van der Waals surface area (Å²) < 4.78 is 11.0. The maximum absolute atomic E-state index is 11.2. The summed E-state index contributed by atoms with van der Waals surface area (Å²) in [6.07, 6.45) is 1.68. The first-order valence-corrected chi connectivity index (χ1v) is 7.14. The van der Waals surface area contributed by atoms with Crippen molar-refractivity contribution >= 4 is 16.7 Å². The first-order valence-electron chi connectivity index (χ1n) is 5.42. The molecule has 1 aromatic rings. The average molecular weight is 254 g/mol. The lowest BCUT2D eigenvalue weighted by atomic mass is 10.1. The number of hydrogen-bond acceptors (Lipinski definition) is 3. The van der Waals surface area contributed by atoms with E-state index in [0.717, 1.165) is 5.56 Å². The average Bonchev–Trinajstić information content (AvgIpc) is 2.25. The van der Waals surface area contributed by atoms with Gasteiger partial charge in [0.25, 0.3) is 0 Å². The van der Waals surface area contributed by atoms with E-state index in [1.54, 1.807) is 18.4 Å². The summed E-state index contributed by atoms with van der Waals surface area (Å²) in [5.74, 6) is 0.174. The third-order valence-corrected chi connectivity index (χ3v) is 3.38.